The van der Waals surface area contributed by atoms with Crippen LogP contribution in [-0.2, 0) is 0 Å². The molecule has 8 bridgehead atoms. The van der Waals surface area contributed by atoms with Gasteiger partial charge in [0.1, 0.15) is 0 Å². The van der Waals surface area contributed by atoms with Crippen molar-refractivity contribution >= 4 is 44.1 Å². The number of hydrogen-bond donors (Lipinski definition) is 0. The molecule has 9 rings (SSSR count). The second kappa shape index (κ2) is 56.3. The number of aromatic nitrogens is 8. The molecule has 2 aliphatic heterocycles. The predicted molar refractivity (Wildman–Crippen MR) is 465 cm³/mol. The molecule has 7 aromatic rings. The number of hydrogen-bond acceptors (Lipinski definition) is 14. The molecule has 0 radical (unpaired) electrons. The number of benzene rings is 4. The van der Waals surface area contributed by atoms with Crippen molar-refractivity contribution in [1.29, 1.82) is 0 Å². The van der Waals surface area contributed by atoms with Crippen molar-refractivity contribution in [2.75, 3.05) is 52.9 Å². The summed E-state index contributed by atoms with van der Waals surface area (Å²) >= 11 is 0. The van der Waals surface area contributed by atoms with Crippen molar-refractivity contribution < 1.29 is 75.6 Å². The van der Waals surface area contributed by atoms with Crippen LogP contribution in [0.3, 0.4) is 0 Å². The van der Waals surface area contributed by atoms with Gasteiger partial charge in [0.15, 0.2) is 46.0 Å². The Morgan fingerprint density at radius 2 is 0.325 bits per heavy atom. The molecule has 0 aliphatic carbocycles. The van der Waals surface area contributed by atoms with Gasteiger partial charge in [-0.2, -0.15) is 0 Å². The average molecular weight is 1550 g/mol. The molecular formula is C96H144Li2N8O8. The van der Waals surface area contributed by atoms with Gasteiger partial charge < -0.3 is 67.8 Å². The average Bonchev–Trinajstić information content (AvgIpc) is 1.59. The minimum Gasteiger partial charge on any atom is -0.490 e. The summed E-state index contributed by atoms with van der Waals surface area (Å²) in [7, 11) is 0. The van der Waals surface area contributed by atoms with Crippen LogP contribution in [0.1, 0.15) is 364 Å². The van der Waals surface area contributed by atoms with E-state index in [1.165, 1.54) is 205 Å². The SMILES string of the molecule is CCCCCCCCOc1cc2c(cc1OCCCCCCCC)-c1nc-2nc2[n-]c(nc3nc(nc4[n-]c(n1)c1cc(OCCCCCCCC)c(OCCCCCCCC)cc41)-c1cc(OCCCCCCCC)c(OCCCCCCCC)cc1-3)c1cc(OCCCCCCCC)c(OCCCCCCCC)cc21.[Li+].[Li+]. The molecule has 0 fully saturated rings. The van der Waals surface area contributed by atoms with Crippen LogP contribution in [0.4, 0.5) is 0 Å². The molecule has 2 aliphatic rings. The standard InChI is InChI=1S/C96H144N8O8.2Li/c1-9-17-25-33-41-49-57-105-81-65-73-74(66-82(81)106-58-50-42-34-26-18-10-2)90-97-89(73)101-91-75-67-83(107-59-51-43-35-27-19-11-3)84(108-60-52-44-36-28-20-12-4)68-76(75)93(98-91)103-95-79-71-87(111-63-55-47-39-31-23-15-7)88(112-64-56-48-40-32-24-16-8)72-80(79)96(100-95)104-94-78-70-86(110-62-54-46-38-30-22-14-6)85(69-77(78)92(99-94)102-90)109-61-53-45-37-29-21-13-5;;/h65-72H,9-64H2,1-8H3;;/q-2;2*+1. The van der Waals surface area contributed by atoms with Gasteiger partial charge in [0.25, 0.3) is 0 Å². The largest absolute Gasteiger partial charge is 1.00 e. The van der Waals surface area contributed by atoms with Gasteiger partial charge in [0.05, 0.1) is 76.2 Å². The summed E-state index contributed by atoms with van der Waals surface area (Å²) in [6.07, 6.45) is 54.9. The van der Waals surface area contributed by atoms with E-state index in [0.717, 1.165) is 147 Å². The topological polar surface area (TPSA) is 179 Å². The fourth-order valence-electron chi connectivity index (χ4n) is 15.1. The quantitative estimate of drug-likeness (QED) is 0.0259. The summed E-state index contributed by atoms with van der Waals surface area (Å²) < 4.78 is 55.1. The second-order valence-electron chi connectivity index (χ2n) is 31.8. The number of ether oxygens (including phenoxy) is 8. The molecule has 0 amide bonds. The van der Waals surface area contributed by atoms with Gasteiger partial charge in [0.2, 0.25) is 0 Å². The Morgan fingerprint density at radius 3 is 0.482 bits per heavy atom. The predicted octanol–water partition coefficient (Wildman–Crippen LogP) is 22.0. The van der Waals surface area contributed by atoms with E-state index in [9.17, 15) is 0 Å². The summed E-state index contributed by atoms with van der Waals surface area (Å²) in [5, 5.41) is 2.97. The summed E-state index contributed by atoms with van der Waals surface area (Å²) in [5.41, 5.74) is 4.65. The van der Waals surface area contributed by atoms with Crippen LogP contribution in [0.25, 0.3) is 89.7 Å². The zero-order chi connectivity index (χ0) is 78.4. The van der Waals surface area contributed by atoms with Crippen molar-refractivity contribution in [3.05, 3.63) is 48.5 Å². The van der Waals surface area contributed by atoms with Crippen LogP contribution in [0.2, 0.25) is 0 Å². The first-order chi connectivity index (χ1) is 55.3. The second-order valence-corrected chi connectivity index (χ2v) is 31.8. The fourth-order valence-corrected chi connectivity index (χ4v) is 15.1. The Morgan fingerprint density at radius 1 is 0.184 bits per heavy atom. The third-order valence-electron chi connectivity index (χ3n) is 22.0. The van der Waals surface area contributed by atoms with Crippen LogP contribution < -0.4 is 85.6 Å². The summed E-state index contributed by atoms with van der Waals surface area (Å²) in [6.45, 7) is 22.5. The van der Waals surface area contributed by atoms with E-state index in [1.807, 2.05) is 0 Å². The maximum atomic E-state index is 6.89. The van der Waals surface area contributed by atoms with Gasteiger partial charge in [0, 0.05) is 44.8 Å². The van der Waals surface area contributed by atoms with Gasteiger partial charge in [-0.1, -0.05) is 312 Å². The van der Waals surface area contributed by atoms with E-state index in [0.29, 0.717) is 145 Å². The first-order valence-electron chi connectivity index (χ1n) is 45.8. The van der Waals surface area contributed by atoms with Crippen LogP contribution >= 0.6 is 0 Å². The minimum atomic E-state index is 0. The van der Waals surface area contributed by atoms with Gasteiger partial charge in [-0.25, -0.2) is 9.97 Å². The van der Waals surface area contributed by atoms with Gasteiger partial charge >= 0.3 is 37.7 Å². The Hall–Kier alpha value is -6.17. The van der Waals surface area contributed by atoms with Gasteiger partial charge in [-0.3, -0.25) is 0 Å². The third-order valence-corrected chi connectivity index (χ3v) is 22.0. The van der Waals surface area contributed by atoms with E-state index in [4.69, 9.17) is 77.8 Å². The Balaban J connectivity index is 0.00000900. The van der Waals surface area contributed by atoms with Crippen LogP contribution in [0, 0.1) is 0 Å². The van der Waals surface area contributed by atoms with E-state index < -0.39 is 0 Å². The van der Waals surface area contributed by atoms with Gasteiger partial charge in [-0.05, 0) is 121 Å². The Kier molecular flexibility index (Phi) is 46.9. The van der Waals surface area contributed by atoms with E-state index in [-0.39, 0.29) is 37.7 Å². The summed E-state index contributed by atoms with van der Waals surface area (Å²) in [6, 6.07) is 16.6. The van der Waals surface area contributed by atoms with Gasteiger partial charge in [-0.15, -0.1) is 0 Å². The maximum Gasteiger partial charge on any atom is 1.00 e. The molecule has 5 heterocycles. The van der Waals surface area contributed by atoms with Crippen molar-refractivity contribution in [2.24, 2.45) is 0 Å². The zero-order valence-electron chi connectivity index (χ0n) is 73.1. The van der Waals surface area contributed by atoms with E-state index in [2.05, 4.69) is 104 Å². The van der Waals surface area contributed by atoms with E-state index in [1.54, 1.807) is 0 Å². The first-order valence-corrected chi connectivity index (χ1v) is 45.8. The number of unbranched alkanes of at least 4 members (excludes halogenated alkanes) is 40. The molecule has 4 aromatic carbocycles. The molecule has 618 valence electrons. The fraction of sp³-hybridized carbons (Fsp3) is 0.667. The van der Waals surface area contributed by atoms with Crippen molar-refractivity contribution in [3.8, 4) is 91.5 Å². The zero-order valence-corrected chi connectivity index (χ0v) is 73.1. The molecule has 0 unspecified atom stereocenters. The van der Waals surface area contributed by atoms with Crippen molar-refractivity contribution in [1.82, 2.24) is 39.9 Å². The molecule has 16 nitrogen and oxygen atoms in total. The molecule has 3 aromatic heterocycles. The molecule has 0 saturated heterocycles. The molecule has 0 saturated carbocycles. The Bertz CT molecular complexity index is 3520. The van der Waals surface area contributed by atoms with Crippen molar-refractivity contribution in [2.45, 2.75) is 364 Å². The maximum absolute atomic E-state index is 6.89. The third kappa shape index (κ3) is 31.0. The van der Waals surface area contributed by atoms with Crippen LogP contribution in [0.5, 0.6) is 46.0 Å². The Labute approximate surface area is 711 Å². The smallest absolute Gasteiger partial charge is 0.490 e. The molecule has 0 atom stereocenters. The number of rotatable bonds is 64. The normalized spacial score (nSPS) is 11.6. The van der Waals surface area contributed by atoms with Crippen LogP contribution in [-0.4, -0.2) is 82.8 Å². The summed E-state index contributed by atoms with van der Waals surface area (Å²) in [5.74, 6) is 6.88. The molecular weight excluding hydrogens is 1410 g/mol. The van der Waals surface area contributed by atoms with Crippen molar-refractivity contribution in [3.63, 3.8) is 0 Å². The molecule has 0 N–H and O–H groups in total. The molecule has 114 heavy (non-hydrogen) atoms. The van der Waals surface area contributed by atoms with E-state index >= 15 is 0 Å². The number of fused-ring (bicyclic) bond motifs is 20. The first kappa shape index (κ1) is 95.0. The minimum absolute atomic E-state index is 0. The molecule has 0 spiro atoms. The monoisotopic (exact) mass is 1550 g/mol. The summed E-state index contributed by atoms with van der Waals surface area (Å²) in [4.78, 5) is 44.5. The van der Waals surface area contributed by atoms with Crippen LogP contribution in [0.15, 0.2) is 48.5 Å². The molecule has 18 heteroatoms. The number of nitrogens with zero attached hydrogens (tertiary/aromatic N) is 8.